The van der Waals surface area contributed by atoms with Gasteiger partial charge in [-0.1, -0.05) is 24.3 Å². The molecule has 0 aliphatic heterocycles. The number of hydrazine groups is 1. The van der Waals surface area contributed by atoms with Crippen LogP contribution in [-0.2, 0) is 6.42 Å². The van der Waals surface area contributed by atoms with E-state index in [0.717, 1.165) is 6.42 Å². The van der Waals surface area contributed by atoms with E-state index >= 15 is 0 Å². The molecule has 0 bridgehead atoms. The summed E-state index contributed by atoms with van der Waals surface area (Å²) in [6, 6.07) is 17.3. The summed E-state index contributed by atoms with van der Waals surface area (Å²) in [7, 11) is 0. The van der Waals surface area contributed by atoms with Crippen LogP contribution in [0.4, 0.5) is 0 Å². The summed E-state index contributed by atoms with van der Waals surface area (Å²) in [6.07, 6.45) is 2.98. The molecule has 0 aliphatic carbocycles. The summed E-state index contributed by atoms with van der Waals surface area (Å²) in [5.74, 6) is 5.70. The van der Waals surface area contributed by atoms with Gasteiger partial charge in [-0.05, 0) is 70.7 Å². The van der Waals surface area contributed by atoms with Gasteiger partial charge in [-0.3, -0.25) is 11.3 Å². The second-order valence-corrected chi connectivity index (χ2v) is 6.45. The van der Waals surface area contributed by atoms with Gasteiger partial charge in [0.15, 0.2) is 0 Å². The average Bonchev–Trinajstić information content (AvgIpc) is 2.47. The van der Waals surface area contributed by atoms with Crippen molar-refractivity contribution in [2.24, 2.45) is 5.84 Å². The van der Waals surface area contributed by atoms with E-state index in [4.69, 9.17) is 5.84 Å². The normalized spacial score (nSPS) is 12.4. The molecule has 19 heavy (non-hydrogen) atoms. The Morgan fingerprint density at radius 1 is 1.11 bits per heavy atom. The zero-order chi connectivity index (χ0) is 13.7. The molecule has 2 aromatic carbocycles. The molecule has 1 atom stereocenters. The number of thioether (sulfide) groups is 1. The Bertz CT molecular complexity index is 511. The number of benzene rings is 2. The predicted octanol–water partition coefficient (Wildman–Crippen LogP) is 3.76. The molecule has 1 unspecified atom stereocenters. The summed E-state index contributed by atoms with van der Waals surface area (Å²) in [6.45, 7) is 0. The van der Waals surface area contributed by atoms with Gasteiger partial charge in [0, 0.05) is 14.5 Å². The summed E-state index contributed by atoms with van der Waals surface area (Å²) in [5, 5.41) is 0. The highest BCUT2D eigenvalue weighted by molar-refractivity contribution is 14.1. The zero-order valence-corrected chi connectivity index (χ0v) is 13.7. The van der Waals surface area contributed by atoms with Gasteiger partial charge in [-0.25, -0.2) is 0 Å². The lowest BCUT2D eigenvalue weighted by molar-refractivity contribution is 0.551. The largest absolute Gasteiger partial charge is 0.271 e. The highest BCUT2D eigenvalue weighted by Gasteiger charge is 2.10. The standard InChI is InChI=1S/C15H17IN2S/c1-19-14-8-4-12(5-9-14)15(18-17)10-11-2-6-13(16)7-3-11/h2-9,15,18H,10,17H2,1H3. The number of nitrogens with two attached hydrogens (primary N) is 1. The summed E-state index contributed by atoms with van der Waals surface area (Å²) >= 11 is 4.07. The van der Waals surface area contributed by atoms with Crippen molar-refractivity contribution in [3.05, 3.63) is 63.2 Å². The molecule has 0 radical (unpaired) electrons. The summed E-state index contributed by atoms with van der Waals surface area (Å²) in [4.78, 5) is 1.27. The van der Waals surface area contributed by atoms with Crippen molar-refractivity contribution < 1.29 is 0 Å². The van der Waals surface area contributed by atoms with Crippen LogP contribution in [0.3, 0.4) is 0 Å². The SMILES string of the molecule is CSc1ccc(C(Cc2ccc(I)cc2)NN)cc1. The fraction of sp³-hybridized carbons (Fsp3) is 0.200. The molecule has 0 fully saturated rings. The lowest BCUT2D eigenvalue weighted by atomic mass is 9.99. The van der Waals surface area contributed by atoms with Crippen molar-refractivity contribution in [3.8, 4) is 0 Å². The second-order valence-electron chi connectivity index (χ2n) is 4.32. The number of nitrogens with one attached hydrogen (secondary N) is 1. The van der Waals surface area contributed by atoms with E-state index in [1.807, 2.05) is 0 Å². The Balaban J connectivity index is 2.12. The van der Waals surface area contributed by atoms with Crippen LogP contribution in [0.15, 0.2) is 53.4 Å². The van der Waals surface area contributed by atoms with Crippen LogP contribution in [0.5, 0.6) is 0 Å². The first-order valence-electron chi connectivity index (χ1n) is 6.07. The minimum atomic E-state index is 0.149. The van der Waals surface area contributed by atoms with Crippen LogP contribution in [0.2, 0.25) is 0 Å². The lowest BCUT2D eigenvalue weighted by Gasteiger charge is -2.17. The first kappa shape index (κ1) is 14.8. The highest BCUT2D eigenvalue weighted by Crippen LogP contribution is 2.22. The maximum Gasteiger partial charge on any atom is 0.0500 e. The molecule has 0 saturated heterocycles. The van der Waals surface area contributed by atoms with E-state index in [1.54, 1.807) is 11.8 Å². The molecule has 0 amide bonds. The van der Waals surface area contributed by atoms with Gasteiger partial charge in [0.05, 0.1) is 0 Å². The van der Waals surface area contributed by atoms with E-state index in [1.165, 1.54) is 19.6 Å². The molecular formula is C15H17IN2S. The minimum absolute atomic E-state index is 0.149. The van der Waals surface area contributed by atoms with E-state index in [0.29, 0.717) is 0 Å². The molecule has 0 saturated carbocycles. The molecule has 0 aliphatic rings. The van der Waals surface area contributed by atoms with Gasteiger partial charge in [0.2, 0.25) is 0 Å². The summed E-state index contributed by atoms with van der Waals surface area (Å²) < 4.78 is 1.25. The number of halogens is 1. The van der Waals surface area contributed by atoms with Crippen LogP contribution >= 0.6 is 34.4 Å². The molecule has 4 heteroatoms. The van der Waals surface area contributed by atoms with Crippen LogP contribution in [-0.4, -0.2) is 6.26 Å². The molecular weight excluding hydrogens is 367 g/mol. The first-order chi connectivity index (χ1) is 9.22. The molecule has 0 heterocycles. The number of hydrogen-bond acceptors (Lipinski definition) is 3. The Labute approximate surface area is 132 Å². The van der Waals surface area contributed by atoms with Gasteiger partial charge in [0.1, 0.15) is 0 Å². The molecule has 0 spiro atoms. The Hall–Kier alpha value is -0.560. The van der Waals surface area contributed by atoms with E-state index < -0.39 is 0 Å². The van der Waals surface area contributed by atoms with Crippen molar-refractivity contribution in [1.29, 1.82) is 0 Å². The van der Waals surface area contributed by atoms with Crippen molar-refractivity contribution >= 4 is 34.4 Å². The van der Waals surface area contributed by atoms with E-state index in [2.05, 4.69) is 82.8 Å². The minimum Gasteiger partial charge on any atom is -0.271 e. The van der Waals surface area contributed by atoms with Crippen molar-refractivity contribution in [2.75, 3.05) is 6.26 Å². The van der Waals surface area contributed by atoms with Crippen LogP contribution in [0, 0.1) is 3.57 Å². The third-order valence-corrected chi connectivity index (χ3v) is 4.54. The van der Waals surface area contributed by atoms with Gasteiger partial charge in [0.25, 0.3) is 0 Å². The van der Waals surface area contributed by atoms with Crippen LogP contribution in [0.25, 0.3) is 0 Å². The highest BCUT2D eigenvalue weighted by atomic mass is 127. The zero-order valence-electron chi connectivity index (χ0n) is 10.8. The summed E-state index contributed by atoms with van der Waals surface area (Å²) in [5.41, 5.74) is 5.42. The molecule has 0 aromatic heterocycles. The van der Waals surface area contributed by atoms with Gasteiger partial charge < -0.3 is 0 Å². The number of rotatable bonds is 5. The van der Waals surface area contributed by atoms with E-state index in [-0.39, 0.29) is 6.04 Å². The maximum absolute atomic E-state index is 5.70. The maximum atomic E-state index is 5.70. The lowest BCUT2D eigenvalue weighted by Crippen LogP contribution is -2.29. The van der Waals surface area contributed by atoms with E-state index in [9.17, 15) is 0 Å². The third-order valence-electron chi connectivity index (χ3n) is 3.07. The van der Waals surface area contributed by atoms with Crippen LogP contribution < -0.4 is 11.3 Å². The fourth-order valence-electron chi connectivity index (χ4n) is 1.97. The van der Waals surface area contributed by atoms with Gasteiger partial charge in [-0.15, -0.1) is 11.8 Å². The molecule has 100 valence electrons. The second kappa shape index (κ2) is 7.28. The monoisotopic (exact) mass is 384 g/mol. The third kappa shape index (κ3) is 4.21. The Morgan fingerprint density at radius 2 is 1.74 bits per heavy atom. The first-order valence-corrected chi connectivity index (χ1v) is 8.38. The molecule has 2 nitrogen and oxygen atoms in total. The predicted molar refractivity (Wildman–Crippen MR) is 91.2 cm³/mol. The average molecular weight is 384 g/mol. The van der Waals surface area contributed by atoms with Gasteiger partial charge >= 0.3 is 0 Å². The van der Waals surface area contributed by atoms with Crippen molar-refractivity contribution in [1.82, 2.24) is 5.43 Å². The number of hydrogen-bond donors (Lipinski definition) is 2. The van der Waals surface area contributed by atoms with Gasteiger partial charge in [-0.2, -0.15) is 0 Å². The quantitative estimate of drug-likeness (QED) is 0.357. The fourth-order valence-corrected chi connectivity index (χ4v) is 2.73. The Kier molecular flexibility index (Phi) is 5.69. The smallest absolute Gasteiger partial charge is 0.0500 e. The Morgan fingerprint density at radius 3 is 2.26 bits per heavy atom. The van der Waals surface area contributed by atoms with Crippen molar-refractivity contribution in [2.45, 2.75) is 17.4 Å². The topological polar surface area (TPSA) is 38.0 Å². The molecule has 2 rings (SSSR count). The molecule has 3 N–H and O–H groups in total. The van der Waals surface area contributed by atoms with Crippen LogP contribution in [0.1, 0.15) is 17.2 Å². The molecule has 2 aromatic rings. The van der Waals surface area contributed by atoms with Crippen molar-refractivity contribution in [3.63, 3.8) is 0 Å².